The predicted octanol–water partition coefficient (Wildman–Crippen LogP) is 1.59. The Morgan fingerprint density at radius 2 is 1.74 bits per heavy atom. The summed E-state index contributed by atoms with van der Waals surface area (Å²) in [5.74, 6) is -1.21. The van der Waals surface area contributed by atoms with Gasteiger partial charge in [0.2, 0.25) is 0 Å². The van der Waals surface area contributed by atoms with E-state index in [2.05, 4.69) is 0 Å². The van der Waals surface area contributed by atoms with Gasteiger partial charge < -0.3 is 15.2 Å². The number of nitrogens with one attached hydrogen (secondary N) is 1. The molecule has 0 saturated heterocycles. The summed E-state index contributed by atoms with van der Waals surface area (Å²) in [7, 11) is 1.43. The van der Waals surface area contributed by atoms with Gasteiger partial charge >= 0.3 is 12.0 Å². The van der Waals surface area contributed by atoms with E-state index < -0.39 is 24.0 Å². The van der Waals surface area contributed by atoms with Crippen molar-refractivity contribution in [2.45, 2.75) is 13.0 Å². The van der Waals surface area contributed by atoms with Crippen molar-refractivity contribution in [2.75, 3.05) is 7.11 Å². The molecule has 1 atom stereocenters. The molecule has 2 aromatic carbocycles. The van der Waals surface area contributed by atoms with Crippen LogP contribution in [0.5, 0.6) is 5.75 Å². The van der Waals surface area contributed by atoms with Gasteiger partial charge in [0.25, 0.3) is 5.91 Å². The number of carbonyl (C=O) groups is 3. The van der Waals surface area contributed by atoms with Crippen LogP contribution in [-0.2, 0) is 9.53 Å². The first-order valence-corrected chi connectivity index (χ1v) is 6.80. The van der Waals surface area contributed by atoms with Gasteiger partial charge in [-0.1, -0.05) is 24.3 Å². The molecular formula is C16H16N2O5. The summed E-state index contributed by atoms with van der Waals surface area (Å²) in [5.41, 5.74) is 5.03. The van der Waals surface area contributed by atoms with Crippen molar-refractivity contribution in [1.82, 2.24) is 5.32 Å². The predicted molar refractivity (Wildman–Crippen MR) is 83.1 cm³/mol. The third-order valence-electron chi connectivity index (χ3n) is 3.19. The summed E-state index contributed by atoms with van der Waals surface area (Å²) in [5, 5.41) is 3.58. The molecule has 7 heteroatoms. The Morgan fingerprint density at radius 3 is 2.30 bits per heavy atom. The molecule has 0 aromatic heterocycles. The Morgan fingerprint density at radius 1 is 1.13 bits per heavy atom. The molecule has 0 radical (unpaired) electrons. The van der Waals surface area contributed by atoms with Crippen LogP contribution in [0.25, 0.3) is 10.8 Å². The number of hydrogen-bond acceptors (Lipinski definition) is 5. The van der Waals surface area contributed by atoms with Gasteiger partial charge in [-0.15, -0.1) is 0 Å². The van der Waals surface area contributed by atoms with Crippen molar-refractivity contribution in [1.29, 1.82) is 0 Å². The van der Waals surface area contributed by atoms with Gasteiger partial charge in [0.05, 0.1) is 7.11 Å². The molecule has 0 spiro atoms. The third kappa shape index (κ3) is 3.76. The molecule has 7 nitrogen and oxygen atoms in total. The first-order chi connectivity index (χ1) is 10.9. The highest BCUT2D eigenvalue weighted by molar-refractivity contribution is 6.01. The summed E-state index contributed by atoms with van der Waals surface area (Å²) >= 11 is 0. The first-order valence-electron chi connectivity index (χ1n) is 6.80. The van der Waals surface area contributed by atoms with Crippen molar-refractivity contribution >= 4 is 28.7 Å². The Bertz CT molecular complexity index is 772. The molecule has 3 N–H and O–H groups in total. The van der Waals surface area contributed by atoms with Gasteiger partial charge in [-0.3, -0.25) is 10.1 Å². The van der Waals surface area contributed by atoms with Crippen LogP contribution in [-0.4, -0.2) is 31.1 Å². The summed E-state index contributed by atoms with van der Waals surface area (Å²) in [6.07, 6.45) is -1.17. The van der Waals surface area contributed by atoms with Crippen LogP contribution in [0.1, 0.15) is 17.3 Å². The van der Waals surface area contributed by atoms with E-state index in [1.54, 1.807) is 12.1 Å². The van der Waals surface area contributed by atoms with E-state index in [0.717, 1.165) is 10.8 Å². The summed E-state index contributed by atoms with van der Waals surface area (Å²) in [6, 6.07) is 9.75. The number of imide groups is 1. The smallest absolute Gasteiger partial charge is 0.342 e. The third-order valence-corrected chi connectivity index (χ3v) is 3.19. The Balaban J connectivity index is 2.26. The number of benzene rings is 2. The summed E-state index contributed by atoms with van der Waals surface area (Å²) < 4.78 is 10.3. The molecule has 0 fully saturated rings. The number of primary amides is 1. The van der Waals surface area contributed by atoms with Crippen LogP contribution in [0.15, 0.2) is 36.4 Å². The van der Waals surface area contributed by atoms with Crippen LogP contribution in [0, 0.1) is 0 Å². The van der Waals surface area contributed by atoms with Crippen molar-refractivity contribution in [3.63, 3.8) is 0 Å². The van der Waals surface area contributed by atoms with E-state index in [1.165, 1.54) is 14.0 Å². The molecule has 0 bridgehead atoms. The number of hydrogen-bond donors (Lipinski definition) is 2. The lowest BCUT2D eigenvalue weighted by molar-refractivity contribution is -0.127. The highest BCUT2D eigenvalue weighted by Crippen LogP contribution is 2.26. The maximum atomic E-state index is 12.3. The number of nitrogens with two attached hydrogens (primary N) is 1. The number of amides is 3. The quantitative estimate of drug-likeness (QED) is 0.833. The highest BCUT2D eigenvalue weighted by Gasteiger charge is 2.22. The fraction of sp³-hybridized carbons (Fsp3) is 0.188. The van der Waals surface area contributed by atoms with E-state index in [0.29, 0.717) is 5.75 Å². The minimum Gasteiger partial charge on any atom is -0.496 e. The van der Waals surface area contributed by atoms with Gasteiger partial charge in [-0.25, -0.2) is 9.59 Å². The Hall–Kier alpha value is -3.09. The van der Waals surface area contributed by atoms with Crippen LogP contribution >= 0.6 is 0 Å². The normalized spacial score (nSPS) is 11.6. The molecule has 23 heavy (non-hydrogen) atoms. The van der Waals surface area contributed by atoms with Gasteiger partial charge in [0.1, 0.15) is 11.3 Å². The van der Waals surface area contributed by atoms with Crippen molar-refractivity contribution in [3.8, 4) is 5.75 Å². The van der Waals surface area contributed by atoms with Gasteiger partial charge in [-0.05, 0) is 29.8 Å². The monoisotopic (exact) mass is 316 g/mol. The molecule has 0 aliphatic heterocycles. The average Bonchev–Trinajstić information content (AvgIpc) is 2.52. The zero-order chi connectivity index (χ0) is 17.0. The number of methoxy groups -OCH3 is 1. The van der Waals surface area contributed by atoms with Crippen LogP contribution in [0.4, 0.5) is 4.79 Å². The molecule has 3 amide bonds. The van der Waals surface area contributed by atoms with E-state index in [4.69, 9.17) is 15.2 Å². The SMILES string of the molecule is COc1cc2ccccc2cc1C(=O)O[C@@H](C)C(=O)NC(N)=O. The standard InChI is InChI=1S/C16H16N2O5/c1-9(14(19)18-16(17)21)23-15(20)12-7-10-5-3-4-6-11(10)8-13(12)22-2/h3-9H,1-2H3,(H3,17,18,19,21)/t9-/m0/s1. The van der Waals surface area contributed by atoms with E-state index in [-0.39, 0.29) is 5.56 Å². The second kappa shape index (κ2) is 6.78. The van der Waals surface area contributed by atoms with Crippen LogP contribution in [0.3, 0.4) is 0 Å². The topological polar surface area (TPSA) is 108 Å². The first kappa shape index (κ1) is 16.3. The molecule has 0 aliphatic rings. The highest BCUT2D eigenvalue weighted by atomic mass is 16.5. The van der Waals surface area contributed by atoms with Crippen molar-refractivity contribution in [2.24, 2.45) is 5.73 Å². The zero-order valence-electron chi connectivity index (χ0n) is 12.7. The minimum atomic E-state index is -1.17. The number of carbonyl (C=O) groups excluding carboxylic acids is 3. The van der Waals surface area contributed by atoms with E-state index >= 15 is 0 Å². The number of urea groups is 1. The van der Waals surface area contributed by atoms with Gasteiger partial charge in [-0.2, -0.15) is 0 Å². The van der Waals surface area contributed by atoms with Crippen LogP contribution < -0.4 is 15.8 Å². The van der Waals surface area contributed by atoms with Gasteiger partial charge in [0.15, 0.2) is 6.10 Å². The Kier molecular flexibility index (Phi) is 4.80. The second-order valence-electron chi connectivity index (χ2n) is 4.80. The average molecular weight is 316 g/mol. The van der Waals surface area contributed by atoms with Crippen molar-refractivity contribution in [3.05, 3.63) is 42.0 Å². The number of fused-ring (bicyclic) bond motifs is 1. The number of esters is 1. The molecule has 2 rings (SSSR count). The largest absolute Gasteiger partial charge is 0.496 e. The van der Waals surface area contributed by atoms with Crippen LogP contribution in [0.2, 0.25) is 0 Å². The molecule has 0 saturated carbocycles. The maximum absolute atomic E-state index is 12.3. The molecular weight excluding hydrogens is 300 g/mol. The number of rotatable bonds is 4. The summed E-state index contributed by atoms with van der Waals surface area (Å²) in [4.78, 5) is 34.5. The van der Waals surface area contributed by atoms with E-state index in [1.807, 2.05) is 29.6 Å². The lowest BCUT2D eigenvalue weighted by Gasteiger charge is -2.14. The number of ether oxygens (including phenoxy) is 2. The Labute approximate surface area is 132 Å². The van der Waals surface area contributed by atoms with Gasteiger partial charge in [0, 0.05) is 0 Å². The molecule has 0 unspecified atom stereocenters. The fourth-order valence-electron chi connectivity index (χ4n) is 2.05. The molecule has 120 valence electrons. The minimum absolute atomic E-state index is 0.185. The second-order valence-corrected chi connectivity index (χ2v) is 4.80. The van der Waals surface area contributed by atoms with E-state index in [9.17, 15) is 14.4 Å². The zero-order valence-corrected chi connectivity index (χ0v) is 12.7. The molecule has 0 heterocycles. The fourth-order valence-corrected chi connectivity index (χ4v) is 2.05. The molecule has 2 aromatic rings. The maximum Gasteiger partial charge on any atom is 0.342 e. The lowest BCUT2D eigenvalue weighted by atomic mass is 10.1. The van der Waals surface area contributed by atoms with Crippen molar-refractivity contribution < 1.29 is 23.9 Å². The summed E-state index contributed by atoms with van der Waals surface area (Å²) in [6.45, 7) is 1.34. The lowest BCUT2D eigenvalue weighted by Crippen LogP contribution is -2.42. The molecule has 0 aliphatic carbocycles.